The fourth-order valence-electron chi connectivity index (χ4n) is 3.58. The number of hydrogen-bond donors (Lipinski definition) is 1. The van der Waals surface area contributed by atoms with Gasteiger partial charge in [-0.25, -0.2) is 9.37 Å². The maximum atomic E-state index is 13.0. The lowest BCUT2D eigenvalue weighted by molar-refractivity contribution is 0.493. The molecule has 0 radical (unpaired) electrons. The Bertz CT molecular complexity index is 866. The molecule has 1 aromatic carbocycles. The fraction of sp³-hybridized carbons (Fsp3) is 0.348. The van der Waals surface area contributed by atoms with Gasteiger partial charge in [-0.1, -0.05) is 18.9 Å². The van der Waals surface area contributed by atoms with Crippen LogP contribution >= 0.6 is 0 Å². The lowest BCUT2D eigenvalue weighted by atomic mass is 10.2. The number of nitrogens with zero attached hydrogens (tertiary/aromatic N) is 2. The van der Waals surface area contributed by atoms with Gasteiger partial charge in [0.2, 0.25) is 0 Å². The average Bonchev–Trinajstić information content (AvgIpc) is 3.02. The molecule has 2 aromatic heterocycles. The van der Waals surface area contributed by atoms with E-state index in [0.717, 1.165) is 48.1 Å². The fourth-order valence-corrected chi connectivity index (χ4v) is 3.58. The molecule has 1 aliphatic rings. The van der Waals surface area contributed by atoms with Crippen molar-refractivity contribution in [1.82, 2.24) is 10.3 Å². The smallest absolute Gasteiger partial charge is 0.134 e. The number of hydrogen-bond acceptors (Lipinski definition) is 4. The number of benzene rings is 1. The molecule has 0 saturated carbocycles. The van der Waals surface area contributed by atoms with Crippen molar-refractivity contribution < 1.29 is 8.81 Å². The highest BCUT2D eigenvalue weighted by Crippen LogP contribution is 2.22. The molecule has 1 aliphatic heterocycles. The zero-order valence-electron chi connectivity index (χ0n) is 16.0. The summed E-state index contributed by atoms with van der Waals surface area (Å²) in [5, 5.41) is 3.39. The molecule has 4 rings (SSSR count). The molecular weight excluding hydrogens is 353 g/mol. The van der Waals surface area contributed by atoms with Gasteiger partial charge in [-0.2, -0.15) is 0 Å². The maximum Gasteiger partial charge on any atom is 0.134 e. The molecule has 3 aromatic rings. The van der Waals surface area contributed by atoms with Gasteiger partial charge in [-0.3, -0.25) is 0 Å². The van der Waals surface area contributed by atoms with Gasteiger partial charge in [0.05, 0.1) is 6.54 Å². The molecule has 28 heavy (non-hydrogen) atoms. The van der Waals surface area contributed by atoms with Crippen LogP contribution < -0.4 is 10.2 Å². The molecule has 0 spiro atoms. The normalized spacial score (nSPS) is 14.8. The summed E-state index contributed by atoms with van der Waals surface area (Å²) < 4.78 is 18.9. The maximum absolute atomic E-state index is 13.0. The summed E-state index contributed by atoms with van der Waals surface area (Å²) in [5.41, 5.74) is 2.03. The zero-order valence-corrected chi connectivity index (χ0v) is 16.0. The van der Waals surface area contributed by atoms with Crippen LogP contribution in [-0.2, 0) is 13.1 Å². The van der Waals surface area contributed by atoms with E-state index >= 15 is 0 Å². The van der Waals surface area contributed by atoms with Crippen LogP contribution in [-0.4, -0.2) is 18.1 Å². The summed E-state index contributed by atoms with van der Waals surface area (Å²) in [6, 6.07) is 14.5. The van der Waals surface area contributed by atoms with Crippen molar-refractivity contribution in [3.63, 3.8) is 0 Å². The first-order valence-electron chi connectivity index (χ1n) is 10.0. The molecule has 1 saturated heterocycles. The predicted molar refractivity (Wildman–Crippen MR) is 110 cm³/mol. The summed E-state index contributed by atoms with van der Waals surface area (Å²) in [7, 11) is 0. The van der Waals surface area contributed by atoms with Crippen molar-refractivity contribution in [1.29, 1.82) is 0 Å². The summed E-state index contributed by atoms with van der Waals surface area (Å²) in [6.07, 6.45) is 7.13. The number of aromatic nitrogens is 1. The Morgan fingerprint density at radius 2 is 1.68 bits per heavy atom. The van der Waals surface area contributed by atoms with E-state index in [1.807, 2.05) is 18.3 Å². The highest BCUT2D eigenvalue weighted by Gasteiger charge is 2.11. The summed E-state index contributed by atoms with van der Waals surface area (Å²) in [4.78, 5) is 7.05. The van der Waals surface area contributed by atoms with Crippen LogP contribution in [0.4, 0.5) is 10.2 Å². The van der Waals surface area contributed by atoms with Crippen molar-refractivity contribution in [2.45, 2.75) is 38.8 Å². The van der Waals surface area contributed by atoms with Gasteiger partial charge in [0, 0.05) is 31.4 Å². The van der Waals surface area contributed by atoms with Crippen LogP contribution in [0.1, 0.15) is 37.0 Å². The SMILES string of the molecule is Fc1ccc(-c2ccc(CNCc3ccc(N4CCCCCC4)nc3)o2)cc1. The molecule has 146 valence electrons. The third kappa shape index (κ3) is 4.78. The van der Waals surface area contributed by atoms with Gasteiger partial charge < -0.3 is 14.6 Å². The van der Waals surface area contributed by atoms with Crippen molar-refractivity contribution >= 4 is 5.82 Å². The number of furan rings is 1. The highest BCUT2D eigenvalue weighted by molar-refractivity contribution is 5.57. The van der Waals surface area contributed by atoms with Gasteiger partial charge in [0.1, 0.15) is 23.2 Å². The van der Waals surface area contributed by atoms with E-state index in [1.165, 1.54) is 37.8 Å². The number of pyridine rings is 1. The molecule has 4 nitrogen and oxygen atoms in total. The molecule has 0 aliphatic carbocycles. The van der Waals surface area contributed by atoms with Gasteiger partial charge in [0.15, 0.2) is 0 Å². The van der Waals surface area contributed by atoms with Crippen LogP contribution in [0, 0.1) is 5.82 Å². The lowest BCUT2D eigenvalue weighted by Gasteiger charge is -2.21. The third-order valence-corrected chi connectivity index (χ3v) is 5.16. The van der Waals surface area contributed by atoms with E-state index in [-0.39, 0.29) is 5.82 Å². The Labute approximate surface area is 165 Å². The highest BCUT2D eigenvalue weighted by atomic mass is 19.1. The van der Waals surface area contributed by atoms with Gasteiger partial charge >= 0.3 is 0 Å². The Morgan fingerprint density at radius 1 is 0.893 bits per heavy atom. The van der Waals surface area contributed by atoms with Crippen molar-refractivity contribution in [3.05, 3.63) is 71.9 Å². The van der Waals surface area contributed by atoms with Crippen LogP contribution in [0.3, 0.4) is 0 Å². The molecule has 0 atom stereocenters. The summed E-state index contributed by atoms with van der Waals surface area (Å²) in [6.45, 7) is 3.59. The largest absolute Gasteiger partial charge is 0.460 e. The second kappa shape index (κ2) is 9.02. The van der Waals surface area contributed by atoms with E-state index in [0.29, 0.717) is 6.54 Å². The van der Waals surface area contributed by atoms with E-state index in [9.17, 15) is 4.39 Å². The number of anilines is 1. The number of nitrogens with one attached hydrogen (secondary N) is 1. The van der Waals surface area contributed by atoms with Crippen molar-refractivity contribution in [2.24, 2.45) is 0 Å². The van der Waals surface area contributed by atoms with Gasteiger partial charge in [0.25, 0.3) is 0 Å². The molecule has 0 bridgehead atoms. The van der Waals surface area contributed by atoms with Crippen LogP contribution in [0.15, 0.2) is 59.1 Å². The molecular formula is C23H26FN3O. The Kier molecular flexibility index (Phi) is 6.02. The first-order valence-corrected chi connectivity index (χ1v) is 10.0. The van der Waals surface area contributed by atoms with Crippen molar-refractivity contribution in [3.8, 4) is 11.3 Å². The number of rotatable bonds is 6. The standard InChI is InChI=1S/C23H26FN3O/c24-20-8-6-19(7-9-20)22-11-10-21(28-22)17-25-15-18-5-12-23(26-16-18)27-13-3-1-2-4-14-27/h5-12,16,25H,1-4,13-15,17H2. The lowest BCUT2D eigenvalue weighted by Crippen LogP contribution is -2.24. The molecule has 3 heterocycles. The van der Waals surface area contributed by atoms with E-state index in [1.54, 1.807) is 12.1 Å². The third-order valence-electron chi connectivity index (χ3n) is 5.16. The van der Waals surface area contributed by atoms with Crippen LogP contribution in [0.25, 0.3) is 11.3 Å². The van der Waals surface area contributed by atoms with Gasteiger partial charge in [-0.15, -0.1) is 0 Å². The monoisotopic (exact) mass is 379 g/mol. The Hall–Kier alpha value is -2.66. The first-order chi connectivity index (χ1) is 13.8. The van der Waals surface area contributed by atoms with Crippen molar-refractivity contribution in [2.75, 3.05) is 18.0 Å². The minimum atomic E-state index is -0.243. The minimum Gasteiger partial charge on any atom is -0.460 e. The Morgan fingerprint density at radius 3 is 2.39 bits per heavy atom. The van der Waals surface area contributed by atoms with E-state index in [2.05, 4.69) is 27.3 Å². The average molecular weight is 379 g/mol. The van der Waals surface area contributed by atoms with Gasteiger partial charge in [-0.05, 0) is 60.9 Å². The molecule has 1 N–H and O–H groups in total. The molecule has 1 fully saturated rings. The second-order valence-electron chi connectivity index (χ2n) is 7.30. The molecule has 0 amide bonds. The van der Waals surface area contributed by atoms with E-state index < -0.39 is 0 Å². The quantitative estimate of drug-likeness (QED) is 0.643. The van der Waals surface area contributed by atoms with Crippen LogP contribution in [0.5, 0.6) is 0 Å². The number of halogens is 1. The van der Waals surface area contributed by atoms with Crippen LogP contribution in [0.2, 0.25) is 0 Å². The topological polar surface area (TPSA) is 41.3 Å². The Balaban J connectivity index is 1.28. The second-order valence-corrected chi connectivity index (χ2v) is 7.30. The summed E-state index contributed by atoms with van der Waals surface area (Å²) >= 11 is 0. The predicted octanol–water partition coefficient (Wildman–Crippen LogP) is 5.15. The zero-order chi connectivity index (χ0) is 19.2. The molecule has 0 unspecified atom stereocenters. The van der Waals surface area contributed by atoms with E-state index in [4.69, 9.17) is 4.42 Å². The first kappa shape index (κ1) is 18.7. The summed E-state index contributed by atoms with van der Waals surface area (Å²) in [5.74, 6) is 2.45. The minimum absolute atomic E-state index is 0.243. The molecule has 5 heteroatoms.